The van der Waals surface area contributed by atoms with Gasteiger partial charge in [-0.15, -0.1) is 0 Å². The fraction of sp³-hybridized carbons (Fsp3) is 0.684. The summed E-state index contributed by atoms with van der Waals surface area (Å²) in [6, 6.07) is 11.1. The monoisotopic (exact) mass is 319 g/mol. The first-order chi connectivity index (χ1) is 10.2. The first-order valence-electron chi connectivity index (χ1n) is 8.67. The lowest BCUT2D eigenvalue weighted by Crippen LogP contribution is -2.45. The van der Waals surface area contributed by atoms with Crippen LogP contribution in [0.25, 0.3) is 0 Å². The average molecular weight is 320 g/mol. The van der Waals surface area contributed by atoms with Crippen molar-refractivity contribution in [3.05, 3.63) is 35.9 Å². The molecule has 1 aliphatic carbocycles. The molecule has 0 aromatic heterocycles. The highest BCUT2D eigenvalue weighted by Crippen LogP contribution is 2.41. The van der Waals surface area contributed by atoms with Crippen molar-refractivity contribution in [3.8, 4) is 0 Å². The molecule has 2 N–H and O–H groups in total. The summed E-state index contributed by atoms with van der Waals surface area (Å²) in [6.07, 6.45) is 3.61. The Bertz CT molecular complexity index is 466. The molecule has 22 heavy (non-hydrogen) atoms. The summed E-state index contributed by atoms with van der Waals surface area (Å²) in [5.74, 6) is 1.000. The van der Waals surface area contributed by atoms with Crippen LogP contribution in [0.4, 0.5) is 0 Å². The van der Waals surface area contributed by atoms with Crippen LogP contribution in [-0.2, 0) is 4.43 Å². The predicted octanol–water partition coefficient (Wildman–Crippen LogP) is 4.92. The van der Waals surface area contributed by atoms with E-state index in [2.05, 4.69) is 64.2 Å². The number of nitrogens with two attached hydrogens (primary N) is 1. The molecule has 0 radical (unpaired) electrons. The molecule has 0 bridgehead atoms. The van der Waals surface area contributed by atoms with Gasteiger partial charge >= 0.3 is 0 Å². The quantitative estimate of drug-likeness (QED) is 0.799. The van der Waals surface area contributed by atoms with Crippen molar-refractivity contribution in [3.63, 3.8) is 0 Å². The molecule has 0 spiro atoms. The molecule has 124 valence electrons. The first-order valence-corrected chi connectivity index (χ1v) is 11.6. The Morgan fingerprint density at radius 3 is 2.36 bits per heavy atom. The van der Waals surface area contributed by atoms with E-state index in [9.17, 15) is 0 Å². The third-order valence-corrected chi connectivity index (χ3v) is 10.2. The smallest absolute Gasteiger partial charge is 0.191 e. The molecule has 3 unspecified atom stereocenters. The molecule has 2 nitrogen and oxygen atoms in total. The van der Waals surface area contributed by atoms with E-state index in [4.69, 9.17) is 10.2 Å². The van der Waals surface area contributed by atoms with Crippen LogP contribution in [0.3, 0.4) is 0 Å². The molecule has 0 saturated heterocycles. The third kappa shape index (κ3) is 4.00. The second kappa shape index (κ2) is 6.86. The van der Waals surface area contributed by atoms with Crippen molar-refractivity contribution < 1.29 is 4.43 Å². The average Bonchev–Trinajstić information content (AvgIpc) is 2.45. The van der Waals surface area contributed by atoms with Gasteiger partial charge in [0.2, 0.25) is 0 Å². The van der Waals surface area contributed by atoms with Crippen LogP contribution < -0.4 is 5.73 Å². The minimum atomic E-state index is -1.68. The van der Waals surface area contributed by atoms with E-state index in [1.807, 2.05) is 0 Å². The Hall–Kier alpha value is -0.643. The second-order valence-electron chi connectivity index (χ2n) is 8.36. The molecule has 0 aliphatic heterocycles. The SMILES string of the molecule is CC(C)(C)[Si](C)(C)OCC1CCCC(N)C1c1ccccc1. The highest BCUT2D eigenvalue weighted by molar-refractivity contribution is 6.74. The zero-order chi connectivity index (χ0) is 16.4. The van der Waals surface area contributed by atoms with Gasteiger partial charge in [0.15, 0.2) is 8.32 Å². The van der Waals surface area contributed by atoms with Crippen LogP contribution >= 0.6 is 0 Å². The summed E-state index contributed by atoms with van der Waals surface area (Å²) in [4.78, 5) is 0. The molecular formula is C19H33NOSi. The van der Waals surface area contributed by atoms with Crippen LogP contribution in [-0.4, -0.2) is 21.0 Å². The zero-order valence-corrected chi connectivity index (χ0v) is 15.9. The molecule has 0 heterocycles. The molecule has 1 aliphatic rings. The topological polar surface area (TPSA) is 35.2 Å². The van der Waals surface area contributed by atoms with Gasteiger partial charge in [-0.2, -0.15) is 0 Å². The molecule has 1 saturated carbocycles. The standard InChI is InChI=1S/C19H33NOSi/c1-19(2,3)22(4,5)21-14-16-12-9-13-17(20)18(16)15-10-7-6-8-11-15/h6-8,10-11,16-18H,9,12-14,20H2,1-5H3. The van der Waals surface area contributed by atoms with Gasteiger partial charge in [0.05, 0.1) is 0 Å². The normalized spacial score (nSPS) is 26.9. The summed E-state index contributed by atoms with van der Waals surface area (Å²) in [5, 5.41) is 0.270. The van der Waals surface area contributed by atoms with Gasteiger partial charge in [0.1, 0.15) is 0 Å². The molecule has 1 aromatic carbocycles. The Labute approximate surface area is 137 Å². The van der Waals surface area contributed by atoms with Crippen LogP contribution in [0, 0.1) is 5.92 Å². The van der Waals surface area contributed by atoms with Gasteiger partial charge in [0.25, 0.3) is 0 Å². The van der Waals surface area contributed by atoms with Gasteiger partial charge in [-0.25, -0.2) is 0 Å². The third-order valence-electron chi connectivity index (χ3n) is 5.73. The molecule has 3 heteroatoms. The fourth-order valence-electron chi connectivity index (χ4n) is 3.24. The summed E-state index contributed by atoms with van der Waals surface area (Å²) in [5.41, 5.74) is 7.87. The predicted molar refractivity (Wildman–Crippen MR) is 97.6 cm³/mol. The van der Waals surface area contributed by atoms with E-state index in [1.165, 1.54) is 18.4 Å². The maximum Gasteiger partial charge on any atom is 0.191 e. The van der Waals surface area contributed by atoms with Crippen molar-refractivity contribution in [2.45, 2.75) is 70.1 Å². The van der Waals surface area contributed by atoms with E-state index in [1.54, 1.807) is 0 Å². The lowest BCUT2D eigenvalue weighted by atomic mass is 9.73. The Morgan fingerprint density at radius 1 is 1.14 bits per heavy atom. The Morgan fingerprint density at radius 2 is 1.77 bits per heavy atom. The number of hydrogen-bond donors (Lipinski definition) is 1. The largest absolute Gasteiger partial charge is 0.417 e. The van der Waals surface area contributed by atoms with Gasteiger partial charge in [-0.1, -0.05) is 57.5 Å². The van der Waals surface area contributed by atoms with E-state index < -0.39 is 8.32 Å². The fourth-order valence-corrected chi connectivity index (χ4v) is 4.30. The van der Waals surface area contributed by atoms with Gasteiger partial charge < -0.3 is 10.2 Å². The van der Waals surface area contributed by atoms with Crippen molar-refractivity contribution >= 4 is 8.32 Å². The molecule has 3 atom stereocenters. The van der Waals surface area contributed by atoms with Gasteiger partial charge in [-0.05, 0) is 42.5 Å². The zero-order valence-electron chi connectivity index (χ0n) is 14.9. The van der Waals surface area contributed by atoms with Crippen molar-refractivity contribution in [2.75, 3.05) is 6.61 Å². The lowest BCUT2D eigenvalue weighted by molar-refractivity contribution is 0.161. The number of rotatable bonds is 4. The van der Waals surface area contributed by atoms with E-state index >= 15 is 0 Å². The molecular weight excluding hydrogens is 286 g/mol. The maximum atomic E-state index is 6.52. The van der Waals surface area contributed by atoms with E-state index in [0.29, 0.717) is 11.8 Å². The number of benzene rings is 1. The van der Waals surface area contributed by atoms with Crippen molar-refractivity contribution in [1.29, 1.82) is 0 Å². The summed E-state index contributed by atoms with van der Waals surface area (Å²) >= 11 is 0. The van der Waals surface area contributed by atoms with E-state index in [-0.39, 0.29) is 11.1 Å². The Balaban J connectivity index is 2.11. The second-order valence-corrected chi connectivity index (χ2v) is 13.2. The Kier molecular flexibility index (Phi) is 5.52. The van der Waals surface area contributed by atoms with Crippen molar-refractivity contribution in [1.82, 2.24) is 0 Å². The highest BCUT2D eigenvalue weighted by Gasteiger charge is 2.39. The minimum Gasteiger partial charge on any atom is -0.417 e. The van der Waals surface area contributed by atoms with Crippen LogP contribution in [0.15, 0.2) is 30.3 Å². The highest BCUT2D eigenvalue weighted by atomic mass is 28.4. The lowest BCUT2D eigenvalue weighted by Gasteiger charge is -2.41. The minimum absolute atomic E-state index is 0.268. The maximum absolute atomic E-state index is 6.52. The van der Waals surface area contributed by atoms with Crippen molar-refractivity contribution in [2.24, 2.45) is 11.7 Å². The van der Waals surface area contributed by atoms with Gasteiger partial charge in [0, 0.05) is 18.6 Å². The van der Waals surface area contributed by atoms with Crippen LogP contribution in [0.1, 0.15) is 51.5 Å². The molecule has 1 aromatic rings. The first kappa shape index (κ1) is 17.7. The van der Waals surface area contributed by atoms with Crippen LogP contribution in [0.2, 0.25) is 18.1 Å². The molecule has 2 rings (SSSR count). The summed E-state index contributed by atoms with van der Waals surface area (Å²) in [7, 11) is -1.68. The number of hydrogen-bond acceptors (Lipinski definition) is 2. The van der Waals surface area contributed by atoms with Crippen LogP contribution in [0.5, 0.6) is 0 Å². The molecule has 1 fully saturated rings. The summed E-state index contributed by atoms with van der Waals surface area (Å²) in [6.45, 7) is 12.5. The molecule has 0 amide bonds. The van der Waals surface area contributed by atoms with Gasteiger partial charge in [-0.3, -0.25) is 0 Å². The van der Waals surface area contributed by atoms with E-state index in [0.717, 1.165) is 13.0 Å². The summed E-state index contributed by atoms with van der Waals surface area (Å²) < 4.78 is 6.52.